The van der Waals surface area contributed by atoms with Crippen LogP contribution in [0.25, 0.3) is 0 Å². The molecule has 0 aromatic heterocycles. The van der Waals surface area contributed by atoms with Gasteiger partial charge in [-0.25, -0.2) is 4.79 Å². The van der Waals surface area contributed by atoms with E-state index in [0.29, 0.717) is 12.8 Å². The normalized spacial score (nSPS) is 25.2. The summed E-state index contributed by atoms with van der Waals surface area (Å²) < 4.78 is 5.26. The summed E-state index contributed by atoms with van der Waals surface area (Å²) in [6, 6.07) is 0.0138. The van der Waals surface area contributed by atoms with E-state index < -0.39 is 0 Å². The number of ketones is 1. The molecule has 2 atom stereocenters. The molecular weight excluding hydrogens is 218 g/mol. The molecule has 2 unspecified atom stereocenters. The second-order valence-electron chi connectivity index (χ2n) is 4.91. The summed E-state index contributed by atoms with van der Waals surface area (Å²) in [4.78, 5) is 25.4. The molecule has 98 valence electrons. The molecule has 4 heteroatoms. The fourth-order valence-corrected chi connectivity index (χ4v) is 2.35. The maximum atomic E-state index is 12.0. The number of amides is 1. The Bertz CT molecular complexity index is 272. The topological polar surface area (TPSA) is 46.6 Å². The fourth-order valence-electron chi connectivity index (χ4n) is 2.35. The number of carbonyl (C=O) groups excluding carboxylic acids is 2. The van der Waals surface area contributed by atoms with Crippen LogP contribution in [0.15, 0.2) is 0 Å². The Morgan fingerprint density at radius 3 is 2.12 bits per heavy atom. The van der Waals surface area contributed by atoms with Crippen molar-refractivity contribution in [3.63, 3.8) is 0 Å². The van der Waals surface area contributed by atoms with Gasteiger partial charge in [-0.15, -0.1) is 0 Å². The first-order chi connectivity index (χ1) is 7.99. The number of carbonyl (C=O) groups is 2. The van der Waals surface area contributed by atoms with Gasteiger partial charge in [0.15, 0.2) is 0 Å². The predicted octanol–water partition coefficient (Wildman–Crippen LogP) is 2.75. The Morgan fingerprint density at radius 1 is 1.29 bits per heavy atom. The number of hydrogen-bond acceptors (Lipinski definition) is 3. The number of hydrogen-bond donors (Lipinski definition) is 0. The molecule has 0 saturated carbocycles. The van der Waals surface area contributed by atoms with E-state index >= 15 is 0 Å². The first-order valence-electron chi connectivity index (χ1n) is 6.50. The molecule has 1 aliphatic heterocycles. The summed E-state index contributed by atoms with van der Waals surface area (Å²) in [7, 11) is 0. The fraction of sp³-hybridized carbons (Fsp3) is 0.846. The van der Waals surface area contributed by atoms with Crippen LogP contribution in [0.1, 0.15) is 53.4 Å². The Hall–Kier alpha value is -1.06. The maximum absolute atomic E-state index is 12.0. The highest BCUT2D eigenvalue weighted by atomic mass is 16.6. The predicted molar refractivity (Wildman–Crippen MR) is 65.9 cm³/mol. The zero-order chi connectivity index (χ0) is 13.0. The Morgan fingerprint density at radius 2 is 1.76 bits per heavy atom. The molecule has 0 aromatic rings. The van der Waals surface area contributed by atoms with Crippen LogP contribution in [0.3, 0.4) is 0 Å². The van der Waals surface area contributed by atoms with Crippen LogP contribution < -0.4 is 0 Å². The molecule has 1 fully saturated rings. The molecule has 1 heterocycles. The zero-order valence-corrected chi connectivity index (χ0v) is 11.2. The van der Waals surface area contributed by atoms with E-state index in [0.717, 1.165) is 12.8 Å². The second-order valence-corrected chi connectivity index (χ2v) is 4.91. The molecule has 1 rings (SSSR count). The average molecular weight is 241 g/mol. The van der Waals surface area contributed by atoms with Gasteiger partial charge in [0.25, 0.3) is 0 Å². The molecule has 0 radical (unpaired) electrons. The van der Waals surface area contributed by atoms with Gasteiger partial charge in [-0.3, -0.25) is 4.79 Å². The highest BCUT2D eigenvalue weighted by molar-refractivity contribution is 5.83. The Kier molecular flexibility index (Phi) is 4.97. The first kappa shape index (κ1) is 14.0. The number of Topliss-reactive ketones (excluding diaryl/α,β-unsaturated/α-hetero) is 1. The lowest BCUT2D eigenvalue weighted by molar-refractivity contribution is -0.124. The maximum Gasteiger partial charge on any atom is 0.410 e. The van der Waals surface area contributed by atoms with E-state index in [1.165, 1.54) is 0 Å². The van der Waals surface area contributed by atoms with Gasteiger partial charge in [-0.1, -0.05) is 13.8 Å². The van der Waals surface area contributed by atoms with Crippen molar-refractivity contribution in [2.45, 2.75) is 71.6 Å². The molecule has 1 amide bonds. The number of rotatable bonds is 3. The van der Waals surface area contributed by atoms with Crippen molar-refractivity contribution in [1.82, 2.24) is 4.90 Å². The molecule has 0 aromatic carbocycles. The third-order valence-corrected chi connectivity index (χ3v) is 3.20. The van der Waals surface area contributed by atoms with Crippen molar-refractivity contribution in [2.75, 3.05) is 0 Å². The molecule has 17 heavy (non-hydrogen) atoms. The minimum Gasteiger partial charge on any atom is -0.447 e. The minimum absolute atomic E-state index is 0.00690. The van der Waals surface area contributed by atoms with Crippen molar-refractivity contribution in [1.29, 1.82) is 0 Å². The lowest BCUT2D eigenvalue weighted by atomic mass is 9.92. The quantitative estimate of drug-likeness (QED) is 0.763. The van der Waals surface area contributed by atoms with Gasteiger partial charge in [-0.05, 0) is 26.7 Å². The van der Waals surface area contributed by atoms with Gasteiger partial charge in [-0.2, -0.15) is 0 Å². The molecule has 1 saturated heterocycles. The second kappa shape index (κ2) is 6.03. The van der Waals surface area contributed by atoms with Crippen molar-refractivity contribution in [3.8, 4) is 0 Å². The van der Waals surface area contributed by atoms with Crippen LogP contribution in [0.4, 0.5) is 4.79 Å². The zero-order valence-electron chi connectivity index (χ0n) is 11.2. The standard InChI is InChI=1S/C13H23NO3/c1-5-10-7-12(15)8-11(6-2)14(10)13(16)17-9(3)4/h9-11H,5-8H2,1-4H3. The van der Waals surface area contributed by atoms with Gasteiger partial charge in [0, 0.05) is 24.9 Å². The SMILES string of the molecule is CCC1CC(=O)CC(CC)N1C(=O)OC(C)C. The third-order valence-electron chi connectivity index (χ3n) is 3.20. The molecule has 0 N–H and O–H groups in total. The molecular formula is C13H23NO3. The largest absolute Gasteiger partial charge is 0.447 e. The van der Waals surface area contributed by atoms with E-state index in [1.807, 2.05) is 27.7 Å². The van der Waals surface area contributed by atoms with Gasteiger partial charge in [0.2, 0.25) is 0 Å². The molecule has 4 nitrogen and oxygen atoms in total. The van der Waals surface area contributed by atoms with Crippen molar-refractivity contribution in [2.24, 2.45) is 0 Å². The van der Waals surface area contributed by atoms with Crippen LogP contribution in [-0.2, 0) is 9.53 Å². The van der Waals surface area contributed by atoms with E-state index in [2.05, 4.69) is 0 Å². The van der Waals surface area contributed by atoms with Gasteiger partial charge in [0.1, 0.15) is 5.78 Å². The lowest BCUT2D eigenvalue weighted by Crippen LogP contribution is -2.52. The van der Waals surface area contributed by atoms with E-state index in [-0.39, 0.29) is 30.1 Å². The molecule has 0 bridgehead atoms. The van der Waals surface area contributed by atoms with Gasteiger partial charge in [0.05, 0.1) is 6.10 Å². The van der Waals surface area contributed by atoms with Gasteiger partial charge >= 0.3 is 6.09 Å². The summed E-state index contributed by atoms with van der Waals surface area (Å²) in [6.45, 7) is 7.70. The summed E-state index contributed by atoms with van der Waals surface area (Å²) in [5.74, 6) is 0.261. The Labute approximate surface area is 103 Å². The van der Waals surface area contributed by atoms with Crippen LogP contribution in [0.5, 0.6) is 0 Å². The van der Waals surface area contributed by atoms with Crippen molar-refractivity contribution >= 4 is 11.9 Å². The highest BCUT2D eigenvalue weighted by Gasteiger charge is 2.37. The number of likely N-dealkylation sites (tertiary alicyclic amines) is 1. The van der Waals surface area contributed by atoms with E-state index in [1.54, 1.807) is 4.90 Å². The summed E-state index contributed by atoms with van der Waals surface area (Å²) in [5.41, 5.74) is 0. The van der Waals surface area contributed by atoms with Crippen molar-refractivity contribution < 1.29 is 14.3 Å². The van der Waals surface area contributed by atoms with Crippen LogP contribution in [-0.4, -0.2) is 35.0 Å². The van der Waals surface area contributed by atoms with Crippen LogP contribution >= 0.6 is 0 Å². The molecule has 1 aliphatic rings. The van der Waals surface area contributed by atoms with Crippen LogP contribution in [0.2, 0.25) is 0 Å². The van der Waals surface area contributed by atoms with E-state index in [9.17, 15) is 9.59 Å². The smallest absolute Gasteiger partial charge is 0.410 e. The number of ether oxygens (including phenoxy) is 1. The molecule has 0 spiro atoms. The summed E-state index contributed by atoms with van der Waals surface area (Å²) >= 11 is 0. The van der Waals surface area contributed by atoms with Crippen LogP contribution in [0, 0.1) is 0 Å². The number of nitrogens with zero attached hydrogens (tertiary/aromatic N) is 1. The number of piperidine rings is 1. The monoisotopic (exact) mass is 241 g/mol. The Balaban J connectivity index is 2.81. The summed E-state index contributed by atoms with van der Waals surface area (Å²) in [6.07, 6.45) is 2.16. The van der Waals surface area contributed by atoms with Gasteiger partial charge < -0.3 is 9.64 Å². The minimum atomic E-state index is -0.272. The first-order valence-corrected chi connectivity index (χ1v) is 6.50. The van der Waals surface area contributed by atoms with Crippen molar-refractivity contribution in [3.05, 3.63) is 0 Å². The molecule has 0 aliphatic carbocycles. The third kappa shape index (κ3) is 3.45. The average Bonchev–Trinajstić information content (AvgIpc) is 2.26. The highest BCUT2D eigenvalue weighted by Crippen LogP contribution is 2.25. The lowest BCUT2D eigenvalue weighted by Gasteiger charge is -2.40. The van der Waals surface area contributed by atoms with E-state index in [4.69, 9.17) is 4.74 Å². The summed E-state index contributed by atoms with van der Waals surface area (Å²) in [5, 5.41) is 0.